The second-order valence-corrected chi connectivity index (χ2v) is 6.34. The lowest BCUT2D eigenvalue weighted by atomic mass is 10.2. The molecule has 1 aliphatic rings. The van der Waals surface area contributed by atoms with Crippen molar-refractivity contribution >= 4 is 5.69 Å². The predicted molar refractivity (Wildman–Crippen MR) is 93.2 cm³/mol. The van der Waals surface area contributed by atoms with Gasteiger partial charge in [-0.1, -0.05) is 30.6 Å². The highest BCUT2D eigenvalue weighted by molar-refractivity contribution is 5.57. The summed E-state index contributed by atoms with van der Waals surface area (Å²) in [7, 11) is 0. The van der Waals surface area contributed by atoms with Crippen molar-refractivity contribution in [2.75, 3.05) is 31.1 Å². The van der Waals surface area contributed by atoms with Gasteiger partial charge in [0.1, 0.15) is 5.75 Å². The van der Waals surface area contributed by atoms with Crippen LogP contribution in [0.2, 0.25) is 0 Å². The molecule has 1 aromatic heterocycles. The molecule has 0 amide bonds. The third-order valence-corrected chi connectivity index (χ3v) is 4.68. The maximum atomic E-state index is 10.0. The van der Waals surface area contributed by atoms with Crippen LogP contribution >= 0.6 is 0 Å². The van der Waals surface area contributed by atoms with Crippen molar-refractivity contribution in [2.24, 2.45) is 0 Å². The zero-order valence-corrected chi connectivity index (χ0v) is 14.5. The molecule has 1 unspecified atom stereocenters. The Morgan fingerprint density at radius 2 is 1.96 bits per heavy atom. The van der Waals surface area contributed by atoms with Gasteiger partial charge in [0.05, 0.1) is 11.7 Å². The van der Waals surface area contributed by atoms with E-state index in [-0.39, 0.29) is 6.04 Å². The van der Waals surface area contributed by atoms with E-state index in [4.69, 9.17) is 4.52 Å². The average Bonchev–Trinajstić information content (AvgIpc) is 3.09. The van der Waals surface area contributed by atoms with Gasteiger partial charge in [-0.3, -0.25) is 4.90 Å². The maximum absolute atomic E-state index is 10.0. The highest BCUT2D eigenvalue weighted by atomic mass is 16.5. The van der Waals surface area contributed by atoms with Crippen LogP contribution in [0.4, 0.5) is 5.69 Å². The van der Waals surface area contributed by atoms with E-state index < -0.39 is 0 Å². The van der Waals surface area contributed by atoms with E-state index in [2.05, 4.69) is 33.8 Å². The van der Waals surface area contributed by atoms with Crippen molar-refractivity contribution in [3.63, 3.8) is 0 Å². The monoisotopic (exact) mass is 330 g/mol. The summed E-state index contributed by atoms with van der Waals surface area (Å²) in [6.45, 7) is 7.84. The second-order valence-electron chi connectivity index (χ2n) is 6.34. The Morgan fingerprint density at radius 1 is 1.21 bits per heavy atom. The lowest BCUT2D eigenvalue weighted by Gasteiger charge is -2.38. The average molecular weight is 330 g/mol. The number of piperazine rings is 1. The molecule has 2 heterocycles. The first-order valence-corrected chi connectivity index (χ1v) is 8.78. The van der Waals surface area contributed by atoms with Crippen molar-refractivity contribution in [3.8, 4) is 5.75 Å². The number of hydrogen-bond donors (Lipinski definition) is 1. The topological polar surface area (TPSA) is 65.6 Å². The summed E-state index contributed by atoms with van der Waals surface area (Å²) in [5.41, 5.74) is 0.907. The van der Waals surface area contributed by atoms with Gasteiger partial charge in [-0.2, -0.15) is 4.98 Å². The first-order valence-electron chi connectivity index (χ1n) is 8.78. The molecule has 0 bridgehead atoms. The van der Waals surface area contributed by atoms with E-state index in [1.807, 2.05) is 18.2 Å². The van der Waals surface area contributed by atoms with Gasteiger partial charge in [-0.05, 0) is 25.5 Å². The summed E-state index contributed by atoms with van der Waals surface area (Å²) in [4.78, 5) is 9.12. The van der Waals surface area contributed by atoms with Crippen LogP contribution in [0, 0.1) is 0 Å². The number of rotatable bonds is 6. The molecule has 1 aliphatic heterocycles. The van der Waals surface area contributed by atoms with E-state index >= 15 is 0 Å². The van der Waals surface area contributed by atoms with E-state index in [1.54, 1.807) is 6.07 Å². The van der Waals surface area contributed by atoms with Crippen LogP contribution in [0.15, 0.2) is 28.8 Å². The summed E-state index contributed by atoms with van der Waals surface area (Å²) in [5.74, 6) is 1.86. The minimum atomic E-state index is 0.124. The molecule has 0 saturated carbocycles. The third-order valence-electron chi connectivity index (χ3n) is 4.68. The Kier molecular flexibility index (Phi) is 5.35. The van der Waals surface area contributed by atoms with Crippen LogP contribution in [-0.2, 0) is 6.42 Å². The fourth-order valence-corrected chi connectivity index (χ4v) is 3.11. The molecule has 6 heteroatoms. The van der Waals surface area contributed by atoms with Gasteiger partial charge in [0, 0.05) is 32.6 Å². The number of aryl methyl sites for hydroxylation is 1. The first kappa shape index (κ1) is 16.8. The lowest BCUT2D eigenvalue weighted by molar-refractivity contribution is 0.164. The number of hydrogen-bond acceptors (Lipinski definition) is 6. The van der Waals surface area contributed by atoms with Crippen molar-refractivity contribution in [3.05, 3.63) is 36.0 Å². The molecule has 130 valence electrons. The second kappa shape index (κ2) is 7.66. The molecule has 24 heavy (non-hydrogen) atoms. The van der Waals surface area contributed by atoms with E-state index in [0.29, 0.717) is 11.6 Å². The SMILES string of the molecule is CCCCc1noc(C(C)N2CCN(c3ccccc3O)CC2)n1. The quantitative estimate of drug-likeness (QED) is 0.878. The van der Waals surface area contributed by atoms with Crippen LogP contribution in [-0.4, -0.2) is 46.3 Å². The molecule has 1 fully saturated rings. The fraction of sp³-hybridized carbons (Fsp3) is 0.556. The largest absolute Gasteiger partial charge is 0.506 e. The predicted octanol–water partition coefficient (Wildman–Crippen LogP) is 3.00. The Morgan fingerprint density at radius 3 is 2.67 bits per heavy atom. The van der Waals surface area contributed by atoms with Gasteiger partial charge in [-0.15, -0.1) is 0 Å². The first-order chi connectivity index (χ1) is 11.7. The van der Waals surface area contributed by atoms with Crippen molar-refractivity contribution in [2.45, 2.75) is 39.2 Å². The Labute approximate surface area is 143 Å². The normalized spacial score (nSPS) is 17.2. The van der Waals surface area contributed by atoms with Crippen LogP contribution in [0.5, 0.6) is 5.75 Å². The molecule has 1 saturated heterocycles. The maximum Gasteiger partial charge on any atom is 0.243 e. The number of anilines is 1. The highest BCUT2D eigenvalue weighted by Gasteiger charge is 2.26. The molecule has 0 aliphatic carbocycles. The van der Waals surface area contributed by atoms with Gasteiger partial charge < -0.3 is 14.5 Å². The fourth-order valence-electron chi connectivity index (χ4n) is 3.11. The van der Waals surface area contributed by atoms with Crippen molar-refractivity contribution in [1.82, 2.24) is 15.0 Å². The Bertz CT molecular complexity index is 650. The molecule has 1 atom stereocenters. The highest BCUT2D eigenvalue weighted by Crippen LogP contribution is 2.28. The van der Waals surface area contributed by atoms with E-state index in [9.17, 15) is 5.11 Å². The zero-order valence-electron chi connectivity index (χ0n) is 14.5. The van der Waals surface area contributed by atoms with Gasteiger partial charge in [0.25, 0.3) is 0 Å². The van der Waals surface area contributed by atoms with Gasteiger partial charge >= 0.3 is 0 Å². The van der Waals surface area contributed by atoms with Crippen LogP contribution < -0.4 is 4.90 Å². The molecule has 6 nitrogen and oxygen atoms in total. The third kappa shape index (κ3) is 3.70. The number of phenols is 1. The number of aromatic nitrogens is 2. The van der Waals surface area contributed by atoms with Gasteiger partial charge in [0.15, 0.2) is 5.82 Å². The van der Waals surface area contributed by atoms with Gasteiger partial charge in [0.2, 0.25) is 5.89 Å². The Hall–Kier alpha value is -2.08. The number of phenolic OH excluding ortho intramolecular Hbond substituents is 1. The molecular formula is C18H26N4O2. The smallest absolute Gasteiger partial charge is 0.243 e. The minimum absolute atomic E-state index is 0.124. The van der Waals surface area contributed by atoms with Crippen LogP contribution in [0.25, 0.3) is 0 Å². The summed E-state index contributed by atoms with van der Waals surface area (Å²) in [6.07, 6.45) is 3.11. The number of benzene rings is 1. The number of para-hydroxylation sites is 2. The molecular weight excluding hydrogens is 304 g/mol. The summed E-state index contributed by atoms with van der Waals surface area (Å²) in [6, 6.07) is 7.63. The number of unbranched alkanes of at least 4 members (excludes halogenated alkanes) is 1. The van der Waals surface area contributed by atoms with E-state index in [0.717, 1.165) is 57.0 Å². The summed E-state index contributed by atoms with van der Waals surface area (Å²) in [5, 5.41) is 14.1. The summed E-state index contributed by atoms with van der Waals surface area (Å²) < 4.78 is 5.45. The molecule has 3 rings (SSSR count). The molecule has 2 aromatic rings. The minimum Gasteiger partial charge on any atom is -0.506 e. The standard InChI is InChI=1S/C18H26N4O2/c1-3-4-9-17-19-18(24-20-17)14(2)21-10-12-22(13-11-21)15-7-5-6-8-16(15)23/h5-8,14,23H,3-4,9-13H2,1-2H3. The molecule has 1 N–H and O–H groups in total. The van der Waals surface area contributed by atoms with Crippen LogP contribution in [0.1, 0.15) is 44.4 Å². The number of aromatic hydroxyl groups is 1. The van der Waals surface area contributed by atoms with E-state index in [1.165, 1.54) is 0 Å². The number of nitrogens with zero attached hydrogens (tertiary/aromatic N) is 4. The van der Waals surface area contributed by atoms with Crippen molar-refractivity contribution in [1.29, 1.82) is 0 Å². The Balaban J connectivity index is 1.58. The van der Waals surface area contributed by atoms with Crippen molar-refractivity contribution < 1.29 is 9.63 Å². The molecule has 0 spiro atoms. The zero-order chi connectivity index (χ0) is 16.9. The molecule has 0 radical (unpaired) electrons. The van der Waals surface area contributed by atoms with Crippen LogP contribution in [0.3, 0.4) is 0 Å². The lowest BCUT2D eigenvalue weighted by Crippen LogP contribution is -2.47. The summed E-state index contributed by atoms with van der Waals surface area (Å²) >= 11 is 0. The van der Waals surface area contributed by atoms with Gasteiger partial charge in [-0.25, -0.2) is 0 Å². The molecule has 1 aromatic carbocycles.